The first kappa shape index (κ1) is 18.5. The molecule has 2 aromatic carbocycles. The fourth-order valence-corrected chi connectivity index (χ4v) is 2.92. The van der Waals surface area contributed by atoms with Crippen LogP contribution in [0.4, 0.5) is 4.39 Å². The Labute approximate surface area is 167 Å². The molecule has 28 heavy (non-hydrogen) atoms. The summed E-state index contributed by atoms with van der Waals surface area (Å²) >= 11 is 7.09. The molecule has 0 radical (unpaired) electrons. The Hall–Kier alpha value is -2.91. The van der Waals surface area contributed by atoms with Crippen LogP contribution in [0, 0.1) is 5.82 Å². The topological polar surface area (TPSA) is 87.1 Å². The van der Waals surface area contributed by atoms with Crippen molar-refractivity contribution in [3.8, 4) is 17.2 Å². The first-order chi connectivity index (χ1) is 13.7. The number of hydrogen-bond donors (Lipinski definition) is 0. The monoisotopic (exact) mass is 418 g/mol. The van der Waals surface area contributed by atoms with Gasteiger partial charge < -0.3 is 13.6 Å². The summed E-state index contributed by atoms with van der Waals surface area (Å²) < 4.78 is 29.6. The second kappa shape index (κ2) is 8.41. The number of ether oxygens (including phenoxy) is 1. The predicted octanol–water partition coefficient (Wildman–Crippen LogP) is 4.78. The molecule has 0 aliphatic heterocycles. The van der Waals surface area contributed by atoms with E-state index in [0.29, 0.717) is 45.0 Å². The molecule has 0 N–H and O–H groups in total. The number of aromatic nitrogens is 4. The van der Waals surface area contributed by atoms with Gasteiger partial charge in [0.25, 0.3) is 11.1 Å². The van der Waals surface area contributed by atoms with E-state index >= 15 is 0 Å². The maximum Gasteiger partial charge on any atom is 0.277 e. The minimum atomic E-state index is -0.328. The van der Waals surface area contributed by atoms with E-state index in [-0.39, 0.29) is 12.4 Å². The molecule has 0 aliphatic carbocycles. The quantitative estimate of drug-likeness (QED) is 0.396. The van der Waals surface area contributed by atoms with Crippen LogP contribution in [-0.2, 0) is 12.4 Å². The van der Waals surface area contributed by atoms with E-state index in [9.17, 15) is 4.39 Å². The van der Waals surface area contributed by atoms with E-state index in [1.165, 1.54) is 23.9 Å². The second-order valence-electron chi connectivity index (χ2n) is 5.50. The van der Waals surface area contributed by atoms with Crippen LogP contribution in [0.25, 0.3) is 11.5 Å². The highest BCUT2D eigenvalue weighted by Gasteiger charge is 2.12. The summed E-state index contributed by atoms with van der Waals surface area (Å²) in [5, 5.41) is 16.8. The Morgan fingerprint density at radius 2 is 1.64 bits per heavy atom. The summed E-state index contributed by atoms with van der Waals surface area (Å²) in [5.74, 6) is 1.73. The lowest BCUT2D eigenvalue weighted by atomic mass is 10.2. The van der Waals surface area contributed by atoms with Gasteiger partial charge >= 0.3 is 0 Å². The summed E-state index contributed by atoms with van der Waals surface area (Å²) in [6.45, 7) is 0.143. The minimum absolute atomic E-state index is 0.143. The van der Waals surface area contributed by atoms with E-state index < -0.39 is 0 Å². The number of nitrogens with zero attached hydrogens (tertiary/aromatic N) is 4. The van der Waals surface area contributed by atoms with Crippen molar-refractivity contribution in [3.63, 3.8) is 0 Å². The molecule has 0 fully saturated rings. The zero-order chi connectivity index (χ0) is 19.3. The fraction of sp³-hybridized carbons (Fsp3) is 0.111. The molecule has 7 nitrogen and oxygen atoms in total. The number of hydrogen-bond acceptors (Lipinski definition) is 8. The zero-order valence-electron chi connectivity index (χ0n) is 14.2. The molecule has 4 rings (SSSR count). The van der Waals surface area contributed by atoms with Gasteiger partial charge in [0.1, 0.15) is 11.6 Å². The number of halogens is 2. The normalized spacial score (nSPS) is 10.9. The van der Waals surface area contributed by atoms with Gasteiger partial charge in [-0.05, 0) is 48.5 Å². The maximum absolute atomic E-state index is 13.0. The summed E-state index contributed by atoms with van der Waals surface area (Å²) in [4.78, 5) is 0. The van der Waals surface area contributed by atoms with Crippen LogP contribution in [0.3, 0.4) is 0 Å². The molecule has 0 atom stereocenters. The molecule has 10 heteroatoms. The lowest BCUT2D eigenvalue weighted by Crippen LogP contribution is -1.95. The van der Waals surface area contributed by atoms with Crippen LogP contribution < -0.4 is 4.74 Å². The van der Waals surface area contributed by atoms with Gasteiger partial charge in [-0.1, -0.05) is 23.4 Å². The lowest BCUT2D eigenvalue weighted by Gasteiger charge is -2.02. The summed E-state index contributed by atoms with van der Waals surface area (Å²) in [5.41, 5.74) is 0.643. The van der Waals surface area contributed by atoms with Crippen molar-refractivity contribution in [1.29, 1.82) is 0 Å². The van der Waals surface area contributed by atoms with Gasteiger partial charge in [-0.3, -0.25) is 0 Å². The molecule has 0 saturated carbocycles. The van der Waals surface area contributed by atoms with Crippen molar-refractivity contribution in [3.05, 3.63) is 71.2 Å². The number of thioether (sulfide) groups is 1. The van der Waals surface area contributed by atoms with Crippen LogP contribution in [0.1, 0.15) is 11.8 Å². The first-order valence-electron chi connectivity index (χ1n) is 8.07. The van der Waals surface area contributed by atoms with Crippen molar-refractivity contribution in [2.75, 3.05) is 0 Å². The van der Waals surface area contributed by atoms with Gasteiger partial charge in [0.2, 0.25) is 11.8 Å². The van der Waals surface area contributed by atoms with E-state index in [2.05, 4.69) is 20.4 Å². The molecule has 0 amide bonds. The number of benzene rings is 2. The molecule has 2 aromatic heterocycles. The summed E-state index contributed by atoms with van der Waals surface area (Å²) in [6.07, 6.45) is 0. The Kier molecular flexibility index (Phi) is 5.54. The Morgan fingerprint density at radius 3 is 2.43 bits per heavy atom. The third kappa shape index (κ3) is 4.68. The number of rotatable bonds is 7. The first-order valence-corrected chi connectivity index (χ1v) is 9.44. The molecule has 0 aliphatic rings. The second-order valence-corrected chi connectivity index (χ2v) is 6.86. The fourth-order valence-electron chi connectivity index (χ4n) is 2.18. The van der Waals surface area contributed by atoms with E-state index in [1.807, 2.05) is 0 Å². The van der Waals surface area contributed by atoms with E-state index in [0.717, 1.165) is 0 Å². The standard InChI is InChI=1S/C18H12ClFN4O3S/c19-12-3-7-14(8-4-12)25-9-15-21-24-18(27-15)28-10-16-22-23-17(26-16)11-1-5-13(20)6-2-11/h1-8H,9-10H2. The van der Waals surface area contributed by atoms with Crippen LogP contribution >= 0.6 is 23.4 Å². The SMILES string of the molecule is Fc1ccc(-c2nnc(CSc3nnc(COc4ccc(Cl)cc4)o3)o2)cc1. The minimum Gasteiger partial charge on any atom is -0.484 e. The summed E-state index contributed by atoms with van der Waals surface area (Å²) in [7, 11) is 0. The predicted molar refractivity (Wildman–Crippen MR) is 99.3 cm³/mol. The highest BCUT2D eigenvalue weighted by atomic mass is 35.5. The molecule has 0 spiro atoms. The Morgan fingerprint density at radius 1 is 0.893 bits per heavy atom. The Balaban J connectivity index is 1.31. The third-order valence-corrected chi connectivity index (χ3v) is 4.56. The zero-order valence-corrected chi connectivity index (χ0v) is 15.8. The molecular weight excluding hydrogens is 407 g/mol. The van der Waals surface area contributed by atoms with Crippen molar-refractivity contribution < 1.29 is 18.0 Å². The van der Waals surface area contributed by atoms with Crippen molar-refractivity contribution in [1.82, 2.24) is 20.4 Å². The third-order valence-electron chi connectivity index (χ3n) is 3.50. The van der Waals surface area contributed by atoms with Crippen LogP contribution in [0.15, 0.2) is 62.6 Å². The van der Waals surface area contributed by atoms with Gasteiger partial charge in [-0.2, -0.15) is 0 Å². The highest BCUT2D eigenvalue weighted by Crippen LogP contribution is 2.24. The van der Waals surface area contributed by atoms with Gasteiger partial charge in [-0.25, -0.2) is 4.39 Å². The van der Waals surface area contributed by atoms with Crippen LogP contribution in [0.2, 0.25) is 5.02 Å². The van der Waals surface area contributed by atoms with Crippen molar-refractivity contribution in [2.24, 2.45) is 0 Å². The van der Waals surface area contributed by atoms with Gasteiger partial charge in [-0.15, -0.1) is 20.4 Å². The molecule has 0 bridgehead atoms. The molecule has 142 valence electrons. The highest BCUT2D eigenvalue weighted by molar-refractivity contribution is 7.98. The van der Waals surface area contributed by atoms with Gasteiger partial charge in [0.05, 0.1) is 5.75 Å². The smallest absolute Gasteiger partial charge is 0.277 e. The van der Waals surface area contributed by atoms with E-state index in [4.69, 9.17) is 25.2 Å². The summed E-state index contributed by atoms with van der Waals surface area (Å²) in [6, 6.07) is 12.8. The largest absolute Gasteiger partial charge is 0.484 e. The van der Waals surface area contributed by atoms with Gasteiger partial charge in [0, 0.05) is 10.6 Å². The molecule has 0 saturated heterocycles. The molecule has 2 heterocycles. The molecular formula is C18H12ClFN4O3S. The molecule has 4 aromatic rings. The van der Waals surface area contributed by atoms with Crippen LogP contribution in [-0.4, -0.2) is 20.4 Å². The lowest BCUT2D eigenvalue weighted by molar-refractivity contribution is 0.252. The van der Waals surface area contributed by atoms with Crippen LogP contribution in [0.5, 0.6) is 5.75 Å². The van der Waals surface area contributed by atoms with Gasteiger partial charge in [0.15, 0.2) is 6.61 Å². The van der Waals surface area contributed by atoms with Crippen molar-refractivity contribution in [2.45, 2.75) is 17.6 Å². The Bertz CT molecular complexity index is 1050. The molecule has 0 unspecified atom stereocenters. The average molecular weight is 419 g/mol. The van der Waals surface area contributed by atoms with E-state index in [1.54, 1.807) is 36.4 Å². The average Bonchev–Trinajstić information content (AvgIpc) is 3.36. The van der Waals surface area contributed by atoms with Crippen molar-refractivity contribution >= 4 is 23.4 Å². The maximum atomic E-state index is 13.0.